The van der Waals surface area contributed by atoms with Gasteiger partial charge in [-0.1, -0.05) is 0 Å². The summed E-state index contributed by atoms with van der Waals surface area (Å²) < 4.78 is 6.19. The zero-order valence-corrected chi connectivity index (χ0v) is 8.98. The Labute approximate surface area is 88.2 Å². The van der Waals surface area contributed by atoms with Gasteiger partial charge in [0.15, 0.2) is 5.78 Å². The van der Waals surface area contributed by atoms with Crippen LogP contribution in [0.2, 0.25) is 0 Å². The maximum atomic E-state index is 11.1. The Hall–Kier alpha value is -1.84. The Morgan fingerprint density at radius 2 is 2.07 bits per heavy atom. The Kier molecular flexibility index (Phi) is 3.44. The first-order valence-corrected chi connectivity index (χ1v) is 4.49. The van der Waals surface area contributed by atoms with Crippen LogP contribution in [0.4, 0.5) is 0 Å². The molecule has 0 saturated carbocycles. The zero-order valence-electron chi connectivity index (χ0n) is 8.98. The predicted octanol–water partition coefficient (Wildman–Crippen LogP) is 1.41. The van der Waals surface area contributed by atoms with Crippen molar-refractivity contribution in [3.63, 3.8) is 0 Å². The minimum Gasteiger partial charge on any atom is -0.466 e. The van der Waals surface area contributed by atoms with Crippen molar-refractivity contribution >= 4 is 17.8 Å². The summed E-state index contributed by atoms with van der Waals surface area (Å²) in [7, 11) is 3.09. The summed E-state index contributed by atoms with van der Waals surface area (Å²) in [6.07, 6.45) is 2.93. The fraction of sp³-hybridized carbons (Fsp3) is 0.273. The van der Waals surface area contributed by atoms with Gasteiger partial charge in [-0.2, -0.15) is 0 Å². The molecule has 0 aliphatic rings. The largest absolute Gasteiger partial charge is 0.466 e. The topological polar surface area (TPSA) is 48.3 Å². The van der Waals surface area contributed by atoms with Crippen molar-refractivity contribution in [2.75, 3.05) is 7.11 Å². The SMILES string of the molecule is COC(=O)C=Cc1ccc(C(C)=O)n1C. The minimum atomic E-state index is -0.416. The van der Waals surface area contributed by atoms with Crippen LogP contribution < -0.4 is 0 Å². The molecule has 4 nitrogen and oxygen atoms in total. The van der Waals surface area contributed by atoms with Gasteiger partial charge in [0.1, 0.15) is 0 Å². The highest BCUT2D eigenvalue weighted by Crippen LogP contribution is 2.09. The lowest BCUT2D eigenvalue weighted by molar-refractivity contribution is -0.134. The summed E-state index contributed by atoms with van der Waals surface area (Å²) in [6, 6.07) is 3.50. The van der Waals surface area contributed by atoms with Crippen molar-refractivity contribution in [3.05, 3.63) is 29.6 Å². The van der Waals surface area contributed by atoms with Crippen LogP contribution in [0.5, 0.6) is 0 Å². The second-order valence-corrected chi connectivity index (χ2v) is 3.12. The van der Waals surface area contributed by atoms with Crippen molar-refractivity contribution in [3.8, 4) is 0 Å². The van der Waals surface area contributed by atoms with Gasteiger partial charge in [-0.05, 0) is 18.2 Å². The molecule has 0 radical (unpaired) electrons. The maximum Gasteiger partial charge on any atom is 0.330 e. The van der Waals surface area contributed by atoms with Gasteiger partial charge < -0.3 is 9.30 Å². The van der Waals surface area contributed by atoms with E-state index in [1.807, 2.05) is 0 Å². The van der Waals surface area contributed by atoms with Crippen LogP contribution in [-0.2, 0) is 16.6 Å². The molecule has 0 atom stereocenters. The number of hydrogen-bond acceptors (Lipinski definition) is 3. The van der Waals surface area contributed by atoms with Crippen LogP contribution in [0.3, 0.4) is 0 Å². The van der Waals surface area contributed by atoms with E-state index >= 15 is 0 Å². The van der Waals surface area contributed by atoms with E-state index in [1.165, 1.54) is 20.1 Å². The highest BCUT2D eigenvalue weighted by molar-refractivity contribution is 5.93. The summed E-state index contributed by atoms with van der Waals surface area (Å²) in [5, 5.41) is 0. The van der Waals surface area contributed by atoms with Crippen molar-refractivity contribution in [2.45, 2.75) is 6.92 Å². The van der Waals surface area contributed by atoms with E-state index in [9.17, 15) is 9.59 Å². The fourth-order valence-electron chi connectivity index (χ4n) is 1.27. The molecule has 0 saturated heterocycles. The summed E-state index contributed by atoms with van der Waals surface area (Å²) in [5.74, 6) is -0.421. The standard InChI is InChI=1S/C11H13NO3/c1-8(13)10-6-4-9(12(10)2)5-7-11(14)15-3/h4-7H,1-3H3. The number of ketones is 1. The number of rotatable bonds is 3. The molecule has 0 bridgehead atoms. The van der Waals surface area contributed by atoms with Crippen LogP contribution in [0.25, 0.3) is 6.08 Å². The molecular weight excluding hydrogens is 194 g/mol. The van der Waals surface area contributed by atoms with E-state index in [2.05, 4.69) is 4.74 Å². The van der Waals surface area contributed by atoms with Crippen LogP contribution in [0, 0.1) is 0 Å². The number of Topliss-reactive ketones (excluding diaryl/α,β-unsaturated/α-hetero) is 1. The molecule has 80 valence electrons. The lowest BCUT2D eigenvalue weighted by atomic mass is 10.3. The molecule has 0 aliphatic heterocycles. The van der Waals surface area contributed by atoms with Gasteiger partial charge in [-0.15, -0.1) is 0 Å². The Balaban J connectivity index is 2.93. The second kappa shape index (κ2) is 4.59. The highest BCUT2D eigenvalue weighted by atomic mass is 16.5. The molecule has 0 aromatic carbocycles. The number of aromatic nitrogens is 1. The van der Waals surface area contributed by atoms with Gasteiger partial charge in [-0.3, -0.25) is 4.79 Å². The maximum absolute atomic E-state index is 11.1. The average Bonchev–Trinajstić information content (AvgIpc) is 2.56. The highest BCUT2D eigenvalue weighted by Gasteiger charge is 2.06. The summed E-state index contributed by atoms with van der Waals surface area (Å²) >= 11 is 0. The van der Waals surface area contributed by atoms with Crippen molar-refractivity contribution in [1.82, 2.24) is 4.57 Å². The first-order valence-electron chi connectivity index (χ1n) is 4.49. The number of methoxy groups -OCH3 is 1. The molecular formula is C11H13NO3. The van der Waals surface area contributed by atoms with Crippen LogP contribution in [-0.4, -0.2) is 23.4 Å². The molecule has 1 heterocycles. The third-order valence-electron chi connectivity index (χ3n) is 2.11. The van der Waals surface area contributed by atoms with Gasteiger partial charge in [0.25, 0.3) is 0 Å². The number of hydrogen-bond donors (Lipinski definition) is 0. The number of esters is 1. The molecule has 0 N–H and O–H groups in total. The van der Waals surface area contributed by atoms with Gasteiger partial charge in [0.05, 0.1) is 12.8 Å². The van der Waals surface area contributed by atoms with Crippen LogP contribution in [0.15, 0.2) is 18.2 Å². The third-order valence-corrected chi connectivity index (χ3v) is 2.11. The first-order chi connectivity index (χ1) is 7.06. The first kappa shape index (κ1) is 11.2. The van der Waals surface area contributed by atoms with Gasteiger partial charge >= 0.3 is 5.97 Å². The van der Waals surface area contributed by atoms with Gasteiger partial charge in [0.2, 0.25) is 0 Å². The monoisotopic (exact) mass is 207 g/mol. The van der Waals surface area contributed by atoms with Crippen molar-refractivity contribution < 1.29 is 14.3 Å². The molecule has 0 unspecified atom stereocenters. The zero-order chi connectivity index (χ0) is 11.4. The third kappa shape index (κ3) is 2.56. The molecule has 4 heteroatoms. The molecule has 1 aromatic rings. The molecule has 1 rings (SSSR count). The number of nitrogens with zero attached hydrogens (tertiary/aromatic N) is 1. The van der Waals surface area contributed by atoms with E-state index in [4.69, 9.17) is 0 Å². The van der Waals surface area contributed by atoms with Crippen LogP contribution in [0.1, 0.15) is 23.1 Å². The Morgan fingerprint density at radius 3 is 2.53 bits per heavy atom. The smallest absolute Gasteiger partial charge is 0.330 e. The van der Waals surface area contributed by atoms with E-state index < -0.39 is 5.97 Å². The Morgan fingerprint density at radius 1 is 1.40 bits per heavy atom. The lowest BCUT2D eigenvalue weighted by Crippen LogP contribution is -2.03. The van der Waals surface area contributed by atoms with Crippen molar-refractivity contribution in [2.24, 2.45) is 7.05 Å². The average molecular weight is 207 g/mol. The Bertz CT molecular complexity index is 415. The molecule has 0 fully saturated rings. The molecule has 0 spiro atoms. The lowest BCUT2D eigenvalue weighted by Gasteiger charge is -2.00. The van der Waals surface area contributed by atoms with Gasteiger partial charge in [-0.25, -0.2) is 4.79 Å². The summed E-state index contributed by atoms with van der Waals surface area (Å²) in [4.78, 5) is 22.0. The van der Waals surface area contributed by atoms with Crippen LogP contribution >= 0.6 is 0 Å². The quantitative estimate of drug-likeness (QED) is 0.428. The molecule has 15 heavy (non-hydrogen) atoms. The van der Waals surface area contributed by atoms with E-state index in [-0.39, 0.29) is 5.78 Å². The number of carbonyl (C=O) groups is 2. The normalized spacial score (nSPS) is 10.6. The fourth-order valence-corrected chi connectivity index (χ4v) is 1.27. The van der Waals surface area contributed by atoms with E-state index in [1.54, 1.807) is 29.8 Å². The van der Waals surface area contributed by atoms with E-state index in [0.717, 1.165) is 5.69 Å². The second-order valence-electron chi connectivity index (χ2n) is 3.12. The molecule has 0 aliphatic carbocycles. The van der Waals surface area contributed by atoms with E-state index in [0.29, 0.717) is 5.69 Å². The summed E-state index contributed by atoms with van der Waals surface area (Å²) in [6.45, 7) is 1.50. The molecule has 0 amide bonds. The predicted molar refractivity (Wildman–Crippen MR) is 56.5 cm³/mol. The number of ether oxygens (including phenoxy) is 1. The molecule has 1 aromatic heterocycles. The minimum absolute atomic E-state index is 0.00443. The van der Waals surface area contributed by atoms with Gasteiger partial charge in [0, 0.05) is 25.7 Å². The van der Waals surface area contributed by atoms with Crippen molar-refractivity contribution in [1.29, 1.82) is 0 Å². The summed E-state index contributed by atoms with van der Waals surface area (Å²) in [5.41, 5.74) is 1.39. The number of carbonyl (C=O) groups excluding carboxylic acids is 2.